The molecule has 29 heavy (non-hydrogen) atoms. The van der Waals surface area contributed by atoms with Gasteiger partial charge in [-0.2, -0.15) is 0 Å². The van der Waals surface area contributed by atoms with E-state index >= 15 is 0 Å². The maximum Gasteiger partial charge on any atom is 0.256 e. The fourth-order valence-corrected chi connectivity index (χ4v) is 6.62. The highest BCUT2D eigenvalue weighted by molar-refractivity contribution is 8.04. The molecule has 7 nitrogen and oxygen atoms in total. The molecule has 0 aliphatic rings. The highest BCUT2D eigenvalue weighted by atomic mass is 32.3. The van der Waals surface area contributed by atoms with Crippen LogP contribution in [-0.4, -0.2) is 27.1 Å². The summed E-state index contributed by atoms with van der Waals surface area (Å²) in [5, 5.41) is 0. The minimum atomic E-state index is -4.27. The highest BCUT2D eigenvalue weighted by Crippen LogP contribution is 2.26. The van der Waals surface area contributed by atoms with Crippen molar-refractivity contribution < 1.29 is 16.8 Å². The molecule has 4 N–H and O–H groups in total. The van der Waals surface area contributed by atoms with Crippen LogP contribution in [0.1, 0.15) is 45.4 Å². The molecule has 0 aromatic heterocycles. The molecule has 2 rings (SSSR count). The molecule has 0 saturated heterocycles. The molecule has 160 valence electrons. The van der Waals surface area contributed by atoms with Crippen molar-refractivity contribution in [2.24, 2.45) is 0 Å². The van der Waals surface area contributed by atoms with E-state index in [-0.39, 0.29) is 16.3 Å². The summed E-state index contributed by atoms with van der Waals surface area (Å²) in [5.74, 6) is 0. The maximum atomic E-state index is 13.2. The number of rotatable bonds is 11. The first kappa shape index (κ1) is 23.2. The number of unbranched alkanes of at least 4 members (excludes halogenated alkanes) is 5. The van der Waals surface area contributed by atoms with Crippen molar-refractivity contribution in [3.63, 3.8) is 0 Å². The summed E-state index contributed by atoms with van der Waals surface area (Å²) in [7, 11) is -8.55. The van der Waals surface area contributed by atoms with Gasteiger partial charge in [-0.25, -0.2) is 16.8 Å². The summed E-state index contributed by atoms with van der Waals surface area (Å²) in [6.07, 6.45) is 5.40. The molecule has 2 aromatic carbocycles. The lowest BCUT2D eigenvalue weighted by Crippen LogP contribution is -2.37. The fourth-order valence-electron chi connectivity index (χ4n) is 2.91. The smallest absolute Gasteiger partial charge is 0.256 e. The van der Waals surface area contributed by atoms with Gasteiger partial charge in [-0.15, -0.1) is 0 Å². The van der Waals surface area contributed by atoms with Gasteiger partial charge >= 0.3 is 0 Å². The number of benzene rings is 2. The van der Waals surface area contributed by atoms with E-state index in [0.717, 1.165) is 32.1 Å². The Kier molecular flexibility index (Phi) is 8.06. The third-order valence-corrected chi connectivity index (χ3v) is 8.94. The quantitative estimate of drug-likeness (QED) is 0.407. The van der Waals surface area contributed by atoms with Gasteiger partial charge in [0.05, 0.1) is 9.79 Å². The zero-order valence-electron chi connectivity index (χ0n) is 16.6. The van der Waals surface area contributed by atoms with E-state index in [4.69, 9.17) is 11.5 Å². The SMILES string of the molecule is CCCCCCCCN(S(=O)(=O)c1ccc(N)cc1)S(=O)(=O)c1ccc(N)cc1. The number of anilines is 2. The van der Waals surface area contributed by atoms with Crippen molar-refractivity contribution in [1.29, 1.82) is 0 Å². The Morgan fingerprint density at radius 1 is 0.655 bits per heavy atom. The maximum absolute atomic E-state index is 13.2. The molecule has 0 aliphatic carbocycles. The summed E-state index contributed by atoms with van der Waals surface area (Å²) < 4.78 is 53.3. The molecule has 0 amide bonds. The van der Waals surface area contributed by atoms with Crippen molar-refractivity contribution in [3.8, 4) is 0 Å². The van der Waals surface area contributed by atoms with Crippen LogP contribution in [0.3, 0.4) is 0 Å². The largest absolute Gasteiger partial charge is 0.399 e. The zero-order chi connectivity index (χ0) is 21.5. The number of hydrogen-bond acceptors (Lipinski definition) is 6. The second-order valence-electron chi connectivity index (χ2n) is 6.91. The number of nitrogen functional groups attached to an aromatic ring is 2. The van der Waals surface area contributed by atoms with Gasteiger partial charge in [-0.1, -0.05) is 42.7 Å². The molecule has 0 saturated carbocycles. The van der Waals surface area contributed by atoms with Crippen LogP contribution in [0, 0.1) is 0 Å². The van der Waals surface area contributed by atoms with Crippen LogP contribution in [0.25, 0.3) is 0 Å². The molecule has 9 heteroatoms. The summed E-state index contributed by atoms with van der Waals surface area (Å²) in [5.41, 5.74) is 12.1. The van der Waals surface area contributed by atoms with Crippen molar-refractivity contribution in [3.05, 3.63) is 48.5 Å². The van der Waals surface area contributed by atoms with Gasteiger partial charge in [-0.05, 0) is 55.0 Å². The minimum Gasteiger partial charge on any atom is -0.399 e. The van der Waals surface area contributed by atoms with E-state index in [1.54, 1.807) is 0 Å². The first-order valence-electron chi connectivity index (χ1n) is 9.68. The zero-order valence-corrected chi connectivity index (χ0v) is 18.3. The first-order valence-corrected chi connectivity index (χ1v) is 12.6. The molecule has 2 aromatic rings. The van der Waals surface area contributed by atoms with Crippen LogP contribution in [0.5, 0.6) is 0 Å². The Labute approximate surface area is 173 Å². The Bertz CT molecular complexity index is 912. The predicted molar refractivity (Wildman–Crippen MR) is 116 cm³/mol. The summed E-state index contributed by atoms with van der Waals surface area (Å²) in [6.45, 7) is 1.99. The van der Waals surface area contributed by atoms with E-state index in [9.17, 15) is 16.8 Å². The second-order valence-corrected chi connectivity index (χ2v) is 10.9. The molecule has 0 radical (unpaired) electrons. The van der Waals surface area contributed by atoms with Crippen LogP contribution in [-0.2, 0) is 20.0 Å². The Morgan fingerprint density at radius 2 is 1.03 bits per heavy atom. The van der Waals surface area contributed by atoms with E-state index in [1.165, 1.54) is 48.5 Å². The lowest BCUT2D eigenvalue weighted by Gasteiger charge is -2.22. The summed E-state index contributed by atoms with van der Waals surface area (Å²) in [4.78, 5) is -0.228. The number of sulfonamides is 2. The average Bonchev–Trinajstić information content (AvgIpc) is 2.67. The first-order chi connectivity index (χ1) is 13.7. The molecule has 0 fully saturated rings. The van der Waals surface area contributed by atoms with Gasteiger partial charge < -0.3 is 11.5 Å². The van der Waals surface area contributed by atoms with Gasteiger partial charge in [-0.3, -0.25) is 0 Å². The molecule has 0 aliphatic heterocycles. The predicted octanol–water partition coefficient (Wildman–Crippen LogP) is 3.59. The van der Waals surface area contributed by atoms with Gasteiger partial charge in [0, 0.05) is 17.9 Å². The van der Waals surface area contributed by atoms with Crippen molar-refractivity contribution >= 4 is 31.4 Å². The van der Waals surface area contributed by atoms with Crippen molar-refractivity contribution in [1.82, 2.24) is 3.71 Å². The number of hydrogen-bond donors (Lipinski definition) is 2. The summed E-state index contributed by atoms with van der Waals surface area (Å²) >= 11 is 0. The van der Waals surface area contributed by atoms with E-state index in [1.807, 2.05) is 0 Å². The van der Waals surface area contributed by atoms with Crippen LogP contribution in [0.4, 0.5) is 11.4 Å². The highest BCUT2D eigenvalue weighted by Gasteiger charge is 2.36. The molecular formula is C20H29N3O4S2. The van der Waals surface area contributed by atoms with Gasteiger partial charge in [0.15, 0.2) is 0 Å². The summed E-state index contributed by atoms with van der Waals surface area (Å²) in [6, 6.07) is 11.0. The molecule has 0 bridgehead atoms. The topological polar surface area (TPSA) is 124 Å². The lowest BCUT2D eigenvalue weighted by molar-refractivity contribution is 0.479. The standard InChI is InChI=1S/C20H29N3O4S2/c1-2-3-4-5-6-7-16-23(28(24,25)19-12-8-17(21)9-13-19)29(26,27)20-14-10-18(22)11-15-20/h8-15H,2-7,16,21-22H2,1H3. The molecule has 0 spiro atoms. The number of nitrogens with zero attached hydrogens (tertiary/aromatic N) is 1. The van der Waals surface area contributed by atoms with E-state index in [0.29, 0.717) is 21.5 Å². The van der Waals surface area contributed by atoms with Gasteiger partial charge in [0.1, 0.15) is 0 Å². The molecular weight excluding hydrogens is 410 g/mol. The lowest BCUT2D eigenvalue weighted by atomic mass is 10.1. The van der Waals surface area contributed by atoms with Crippen LogP contribution < -0.4 is 11.5 Å². The monoisotopic (exact) mass is 439 g/mol. The molecule has 0 unspecified atom stereocenters. The van der Waals surface area contributed by atoms with E-state index in [2.05, 4.69) is 6.92 Å². The van der Waals surface area contributed by atoms with Crippen LogP contribution >= 0.6 is 0 Å². The Balaban J connectivity index is 2.34. The van der Waals surface area contributed by atoms with Crippen molar-refractivity contribution in [2.45, 2.75) is 55.2 Å². The fraction of sp³-hybridized carbons (Fsp3) is 0.400. The van der Waals surface area contributed by atoms with Crippen LogP contribution in [0.15, 0.2) is 58.3 Å². The third kappa shape index (κ3) is 5.94. The average molecular weight is 440 g/mol. The van der Waals surface area contributed by atoms with Crippen molar-refractivity contribution in [2.75, 3.05) is 18.0 Å². The normalized spacial score (nSPS) is 12.3. The van der Waals surface area contributed by atoms with Gasteiger partial charge in [0.25, 0.3) is 20.0 Å². The molecule has 0 heterocycles. The minimum absolute atomic E-state index is 0.114. The third-order valence-electron chi connectivity index (χ3n) is 4.59. The van der Waals surface area contributed by atoms with Crippen LogP contribution in [0.2, 0.25) is 0 Å². The van der Waals surface area contributed by atoms with Gasteiger partial charge in [0.2, 0.25) is 0 Å². The van der Waals surface area contributed by atoms with E-state index < -0.39 is 20.0 Å². The molecule has 0 atom stereocenters. The number of nitrogens with two attached hydrogens (primary N) is 2. The Hall–Kier alpha value is -2.10. The second kappa shape index (κ2) is 10.1. The Morgan fingerprint density at radius 3 is 1.45 bits per heavy atom.